The maximum atomic E-state index is 14.2. The molecule has 1 spiro atoms. The smallest absolute Gasteiger partial charge is 0.238 e. The molecule has 2 heterocycles. The maximum absolute atomic E-state index is 14.2. The molecule has 0 N–H and O–H groups in total. The Morgan fingerprint density at radius 3 is 2.53 bits per heavy atom. The number of allylic oxidation sites excluding steroid dienone is 1. The predicted octanol–water partition coefficient (Wildman–Crippen LogP) is 4.87. The van der Waals surface area contributed by atoms with Crippen molar-refractivity contribution in [2.24, 2.45) is 11.8 Å². The molecule has 1 aliphatic carbocycles. The molecule has 1 amide bonds. The van der Waals surface area contributed by atoms with Crippen molar-refractivity contribution >= 4 is 17.9 Å². The zero-order valence-corrected chi connectivity index (χ0v) is 16.6. The first-order valence-electron chi connectivity index (χ1n) is 10.3. The van der Waals surface area contributed by atoms with E-state index >= 15 is 0 Å². The number of para-hydroxylation sites is 1. The van der Waals surface area contributed by atoms with Gasteiger partial charge in [-0.3, -0.25) is 4.79 Å². The molecule has 1 aliphatic heterocycles. The van der Waals surface area contributed by atoms with Crippen molar-refractivity contribution in [2.45, 2.75) is 24.3 Å². The first-order chi connectivity index (χ1) is 14.7. The van der Waals surface area contributed by atoms with Crippen molar-refractivity contribution in [2.75, 3.05) is 4.90 Å². The zero-order valence-electron chi connectivity index (χ0n) is 16.6. The first kappa shape index (κ1) is 18.6. The van der Waals surface area contributed by atoms with Gasteiger partial charge in [0.05, 0.1) is 18.2 Å². The lowest BCUT2D eigenvalue weighted by Crippen LogP contribution is -2.42. The van der Waals surface area contributed by atoms with Gasteiger partial charge >= 0.3 is 0 Å². The number of carbonyl (C=O) groups excluding carboxylic acids is 2. The van der Waals surface area contributed by atoms with Crippen LogP contribution in [0.4, 0.5) is 5.69 Å². The van der Waals surface area contributed by atoms with Gasteiger partial charge in [-0.1, -0.05) is 54.6 Å². The summed E-state index contributed by atoms with van der Waals surface area (Å²) in [6.07, 6.45) is 4.95. The zero-order chi connectivity index (χ0) is 20.7. The van der Waals surface area contributed by atoms with Gasteiger partial charge in [0.15, 0.2) is 0 Å². The molecule has 1 saturated carbocycles. The second kappa shape index (κ2) is 7.13. The SMILES string of the molecule is C=C[C@H]1C[C@]2(C(=O)N(Cc3ccccc3)c3ccccc32)[C@H](c2ccco2)[C@H]1C=O. The summed E-state index contributed by atoms with van der Waals surface area (Å²) in [6, 6.07) is 21.6. The average molecular weight is 397 g/mol. The van der Waals surface area contributed by atoms with Gasteiger partial charge in [0.2, 0.25) is 5.91 Å². The van der Waals surface area contributed by atoms with Crippen LogP contribution in [0.1, 0.15) is 29.2 Å². The van der Waals surface area contributed by atoms with Crippen LogP contribution < -0.4 is 4.90 Å². The molecule has 5 rings (SSSR count). The van der Waals surface area contributed by atoms with Gasteiger partial charge in [0, 0.05) is 17.5 Å². The average Bonchev–Trinajstić information content (AvgIpc) is 3.48. The van der Waals surface area contributed by atoms with E-state index in [9.17, 15) is 9.59 Å². The molecule has 0 saturated heterocycles. The molecule has 30 heavy (non-hydrogen) atoms. The van der Waals surface area contributed by atoms with E-state index in [0.29, 0.717) is 18.7 Å². The molecule has 1 aromatic heterocycles. The number of rotatable bonds is 5. The third kappa shape index (κ3) is 2.53. The van der Waals surface area contributed by atoms with Gasteiger partial charge in [0.25, 0.3) is 0 Å². The normalized spacial score (nSPS) is 27.4. The Bertz CT molecular complexity index is 1090. The van der Waals surface area contributed by atoms with Crippen LogP contribution in [-0.4, -0.2) is 12.2 Å². The van der Waals surface area contributed by atoms with E-state index in [1.54, 1.807) is 6.26 Å². The topological polar surface area (TPSA) is 50.5 Å². The van der Waals surface area contributed by atoms with Crippen LogP contribution in [-0.2, 0) is 21.5 Å². The van der Waals surface area contributed by atoms with Crippen LogP contribution in [0.5, 0.6) is 0 Å². The summed E-state index contributed by atoms with van der Waals surface area (Å²) in [5, 5.41) is 0. The number of nitrogens with zero attached hydrogens (tertiary/aromatic N) is 1. The Balaban J connectivity index is 1.69. The van der Waals surface area contributed by atoms with Gasteiger partial charge < -0.3 is 14.1 Å². The number of amides is 1. The summed E-state index contributed by atoms with van der Waals surface area (Å²) in [5.41, 5.74) is 2.12. The monoisotopic (exact) mass is 397 g/mol. The summed E-state index contributed by atoms with van der Waals surface area (Å²) in [6.45, 7) is 4.46. The summed E-state index contributed by atoms with van der Waals surface area (Å²) >= 11 is 0. The summed E-state index contributed by atoms with van der Waals surface area (Å²) in [4.78, 5) is 28.2. The van der Waals surface area contributed by atoms with Gasteiger partial charge in [-0.15, -0.1) is 6.58 Å². The van der Waals surface area contributed by atoms with E-state index in [0.717, 1.165) is 23.1 Å². The molecule has 0 radical (unpaired) electrons. The van der Waals surface area contributed by atoms with Crippen LogP contribution in [0.2, 0.25) is 0 Å². The molecule has 1 fully saturated rings. The number of anilines is 1. The number of benzene rings is 2. The number of furan rings is 1. The standard InChI is InChI=1S/C26H23NO3/c1-2-19-15-26(24(20(19)17-28)23-13-8-14-30-23)21-11-6-7-12-22(21)27(25(26)29)16-18-9-4-3-5-10-18/h2-14,17,19-20,24H,1,15-16H2/t19-,20-,24-,26+/m0/s1. The van der Waals surface area contributed by atoms with Crippen molar-refractivity contribution in [3.8, 4) is 0 Å². The highest BCUT2D eigenvalue weighted by molar-refractivity contribution is 6.09. The van der Waals surface area contributed by atoms with E-state index in [2.05, 4.69) is 6.58 Å². The van der Waals surface area contributed by atoms with E-state index in [4.69, 9.17) is 4.42 Å². The molecular weight excluding hydrogens is 374 g/mol. The number of aldehydes is 1. The number of hydrogen-bond donors (Lipinski definition) is 0. The second-order valence-corrected chi connectivity index (χ2v) is 8.18. The van der Waals surface area contributed by atoms with Crippen molar-refractivity contribution in [3.63, 3.8) is 0 Å². The van der Waals surface area contributed by atoms with Crippen LogP contribution in [0.25, 0.3) is 0 Å². The quantitative estimate of drug-likeness (QED) is 0.456. The van der Waals surface area contributed by atoms with Gasteiger partial charge in [-0.2, -0.15) is 0 Å². The highest BCUT2D eigenvalue weighted by atomic mass is 16.3. The Labute approximate surface area is 175 Å². The highest BCUT2D eigenvalue weighted by Gasteiger charge is 2.64. The molecule has 0 bridgehead atoms. The predicted molar refractivity (Wildman–Crippen MR) is 115 cm³/mol. The minimum absolute atomic E-state index is 0.0325. The molecule has 4 heteroatoms. The largest absolute Gasteiger partial charge is 0.469 e. The van der Waals surface area contributed by atoms with Crippen LogP contribution >= 0.6 is 0 Å². The Kier molecular flexibility index (Phi) is 4.43. The number of carbonyl (C=O) groups is 2. The second-order valence-electron chi connectivity index (χ2n) is 8.18. The minimum Gasteiger partial charge on any atom is -0.469 e. The Morgan fingerprint density at radius 1 is 1.07 bits per heavy atom. The number of hydrogen-bond acceptors (Lipinski definition) is 3. The summed E-state index contributed by atoms with van der Waals surface area (Å²) in [7, 11) is 0. The first-order valence-corrected chi connectivity index (χ1v) is 10.3. The molecule has 150 valence electrons. The maximum Gasteiger partial charge on any atom is 0.238 e. The van der Waals surface area contributed by atoms with Gasteiger partial charge in [-0.25, -0.2) is 0 Å². The molecule has 2 aromatic carbocycles. The van der Waals surface area contributed by atoms with Crippen LogP contribution in [0, 0.1) is 11.8 Å². The third-order valence-electron chi connectivity index (χ3n) is 6.76. The van der Waals surface area contributed by atoms with Crippen molar-refractivity contribution < 1.29 is 14.0 Å². The fraction of sp³-hybridized carbons (Fsp3) is 0.231. The number of fused-ring (bicyclic) bond motifs is 2. The fourth-order valence-corrected chi connectivity index (χ4v) is 5.50. The van der Waals surface area contributed by atoms with Gasteiger partial charge in [0.1, 0.15) is 12.0 Å². The van der Waals surface area contributed by atoms with E-state index < -0.39 is 5.41 Å². The Morgan fingerprint density at radius 2 is 1.83 bits per heavy atom. The summed E-state index contributed by atoms with van der Waals surface area (Å²) in [5.74, 6) is -0.0950. The fourth-order valence-electron chi connectivity index (χ4n) is 5.50. The lowest BCUT2D eigenvalue weighted by atomic mass is 9.70. The minimum atomic E-state index is -0.840. The van der Waals surface area contributed by atoms with E-state index in [1.165, 1.54) is 0 Å². The lowest BCUT2D eigenvalue weighted by molar-refractivity contribution is -0.124. The highest BCUT2D eigenvalue weighted by Crippen LogP contribution is 2.62. The lowest BCUT2D eigenvalue weighted by Gasteiger charge is -2.31. The van der Waals surface area contributed by atoms with Gasteiger partial charge in [-0.05, 0) is 41.7 Å². The van der Waals surface area contributed by atoms with Crippen molar-refractivity contribution in [3.05, 3.63) is 103 Å². The molecular formula is C26H23NO3. The molecule has 4 atom stereocenters. The van der Waals surface area contributed by atoms with E-state index in [-0.39, 0.29) is 23.7 Å². The van der Waals surface area contributed by atoms with Crippen LogP contribution in [0.3, 0.4) is 0 Å². The Hall–Kier alpha value is -3.40. The molecule has 2 aliphatic rings. The molecule has 4 nitrogen and oxygen atoms in total. The van der Waals surface area contributed by atoms with Crippen LogP contribution in [0.15, 0.2) is 90.1 Å². The molecule has 3 aromatic rings. The molecule has 0 unspecified atom stereocenters. The summed E-state index contributed by atoms with van der Waals surface area (Å²) < 4.78 is 5.78. The van der Waals surface area contributed by atoms with E-state index in [1.807, 2.05) is 77.7 Å². The van der Waals surface area contributed by atoms with Crippen molar-refractivity contribution in [1.82, 2.24) is 0 Å². The third-order valence-corrected chi connectivity index (χ3v) is 6.76. The van der Waals surface area contributed by atoms with Crippen molar-refractivity contribution in [1.29, 1.82) is 0 Å².